The Hall–Kier alpha value is -1.43. The minimum Gasteiger partial charge on any atom is -0.373 e. The van der Waals surface area contributed by atoms with Crippen LogP contribution in [-0.2, 0) is 19.1 Å². The van der Waals surface area contributed by atoms with Gasteiger partial charge in [-0.25, -0.2) is 0 Å². The van der Waals surface area contributed by atoms with E-state index >= 15 is 0 Å². The molecule has 3 aliphatic heterocycles. The Morgan fingerprint density at radius 2 is 1.75 bits per heavy atom. The van der Waals surface area contributed by atoms with Crippen LogP contribution in [-0.4, -0.2) is 41.4 Å². The van der Waals surface area contributed by atoms with Gasteiger partial charge in [0.15, 0.2) is 0 Å². The molecule has 2 N–H and O–H groups in total. The van der Waals surface area contributed by atoms with Crippen molar-refractivity contribution in [3.05, 3.63) is 0 Å². The molecule has 0 radical (unpaired) electrons. The first-order chi connectivity index (χ1) is 7.59. The number of ether oxygens (including phenoxy) is 1. The summed E-state index contributed by atoms with van der Waals surface area (Å²) in [4.78, 5) is 35.7. The summed E-state index contributed by atoms with van der Waals surface area (Å²) in [5.74, 6) is -1.98. The van der Waals surface area contributed by atoms with E-state index in [0.717, 1.165) is 17.7 Å². The number of imide groups is 1. The van der Waals surface area contributed by atoms with Gasteiger partial charge in [-0.2, -0.15) is 0 Å². The molecule has 2 bridgehead atoms. The van der Waals surface area contributed by atoms with Crippen molar-refractivity contribution in [2.75, 3.05) is 6.54 Å². The zero-order valence-corrected chi connectivity index (χ0v) is 8.59. The van der Waals surface area contributed by atoms with Crippen LogP contribution in [0.5, 0.6) is 0 Å². The lowest BCUT2D eigenvalue weighted by molar-refractivity contribution is -0.145. The summed E-state index contributed by atoms with van der Waals surface area (Å²) in [5, 5.41) is 0. The van der Waals surface area contributed by atoms with Crippen molar-refractivity contribution in [3.8, 4) is 0 Å². The first-order valence-corrected chi connectivity index (χ1v) is 5.38. The SMILES string of the molecule is NC(=O)CN1C(=O)[C@H]2[C@H](C1=O)[C@H]1CC[C@@H]2O1. The second-order valence-corrected chi connectivity index (χ2v) is 4.57. The van der Waals surface area contributed by atoms with Crippen LogP contribution in [0, 0.1) is 11.8 Å². The maximum Gasteiger partial charge on any atom is 0.237 e. The minimum absolute atomic E-state index is 0.135. The van der Waals surface area contributed by atoms with E-state index in [9.17, 15) is 14.4 Å². The number of likely N-dealkylation sites (tertiary alicyclic amines) is 1. The van der Waals surface area contributed by atoms with Crippen LogP contribution in [0.15, 0.2) is 0 Å². The highest BCUT2D eigenvalue weighted by atomic mass is 16.5. The van der Waals surface area contributed by atoms with Crippen LogP contribution in [0.25, 0.3) is 0 Å². The predicted molar refractivity (Wildman–Crippen MR) is 50.8 cm³/mol. The number of nitrogens with two attached hydrogens (primary N) is 1. The van der Waals surface area contributed by atoms with Gasteiger partial charge in [0.2, 0.25) is 17.7 Å². The number of nitrogens with zero attached hydrogens (tertiary/aromatic N) is 1. The van der Waals surface area contributed by atoms with Crippen LogP contribution < -0.4 is 5.73 Å². The first kappa shape index (κ1) is 9.77. The molecule has 0 aromatic carbocycles. The van der Waals surface area contributed by atoms with Crippen LogP contribution in [0.2, 0.25) is 0 Å². The molecule has 0 aromatic heterocycles. The summed E-state index contributed by atoms with van der Waals surface area (Å²) in [6, 6.07) is 0. The zero-order chi connectivity index (χ0) is 11.4. The maximum absolute atomic E-state index is 11.9. The Bertz CT molecular complexity index is 366. The standard InChI is InChI=1S/C10H12N2O4/c11-6(13)3-12-9(14)7-4-1-2-5(16-4)8(7)10(12)15/h4-5,7-8H,1-3H2,(H2,11,13)/t4-,5+,7-,8-/m1/s1. The van der Waals surface area contributed by atoms with Crippen molar-refractivity contribution < 1.29 is 19.1 Å². The summed E-state index contributed by atoms with van der Waals surface area (Å²) in [6.07, 6.45) is 1.39. The summed E-state index contributed by atoms with van der Waals surface area (Å²) in [7, 11) is 0. The lowest BCUT2D eigenvalue weighted by atomic mass is 9.81. The Morgan fingerprint density at radius 1 is 1.25 bits per heavy atom. The summed E-state index contributed by atoms with van der Waals surface area (Å²) >= 11 is 0. The van der Waals surface area contributed by atoms with E-state index in [1.807, 2.05) is 0 Å². The van der Waals surface area contributed by atoms with Crippen molar-refractivity contribution >= 4 is 17.7 Å². The minimum atomic E-state index is -0.657. The molecule has 4 atom stereocenters. The van der Waals surface area contributed by atoms with Crippen LogP contribution in [0.3, 0.4) is 0 Å². The molecule has 0 aliphatic carbocycles. The van der Waals surface area contributed by atoms with Crippen molar-refractivity contribution in [1.82, 2.24) is 4.90 Å². The largest absolute Gasteiger partial charge is 0.373 e. The van der Waals surface area contributed by atoms with Gasteiger partial charge >= 0.3 is 0 Å². The number of fused-ring (bicyclic) bond motifs is 5. The highest BCUT2D eigenvalue weighted by molar-refractivity contribution is 6.08. The number of hydrogen-bond donors (Lipinski definition) is 1. The topological polar surface area (TPSA) is 89.7 Å². The van der Waals surface area contributed by atoms with Crippen LogP contribution in [0.4, 0.5) is 0 Å². The predicted octanol–water partition coefficient (Wildman–Crippen LogP) is -1.37. The Morgan fingerprint density at radius 3 is 2.19 bits per heavy atom. The zero-order valence-electron chi connectivity index (χ0n) is 8.59. The van der Waals surface area contributed by atoms with Gasteiger partial charge in [-0.05, 0) is 12.8 Å². The average molecular weight is 224 g/mol. The maximum atomic E-state index is 11.9. The van der Waals surface area contributed by atoms with Crippen molar-refractivity contribution in [2.24, 2.45) is 17.6 Å². The third-order valence-corrected chi connectivity index (χ3v) is 3.69. The van der Waals surface area contributed by atoms with Crippen molar-refractivity contribution in [1.29, 1.82) is 0 Å². The average Bonchev–Trinajstić information content (AvgIpc) is 2.87. The molecule has 0 aromatic rings. The molecule has 16 heavy (non-hydrogen) atoms. The number of amides is 3. The fourth-order valence-electron chi connectivity index (χ4n) is 3.09. The quantitative estimate of drug-likeness (QED) is 0.586. The van der Waals surface area contributed by atoms with Gasteiger partial charge in [0, 0.05) is 0 Å². The number of carbonyl (C=O) groups excluding carboxylic acids is 3. The lowest BCUT2D eigenvalue weighted by Crippen LogP contribution is -2.40. The van der Waals surface area contributed by atoms with Gasteiger partial charge in [0.1, 0.15) is 6.54 Å². The molecule has 0 unspecified atom stereocenters. The molecular weight excluding hydrogens is 212 g/mol. The van der Waals surface area contributed by atoms with E-state index < -0.39 is 5.91 Å². The fourth-order valence-corrected chi connectivity index (χ4v) is 3.09. The molecule has 86 valence electrons. The fraction of sp³-hybridized carbons (Fsp3) is 0.700. The van der Waals surface area contributed by atoms with Gasteiger partial charge in [-0.1, -0.05) is 0 Å². The third-order valence-electron chi connectivity index (χ3n) is 3.69. The molecule has 6 nitrogen and oxygen atoms in total. The van der Waals surface area contributed by atoms with E-state index in [1.165, 1.54) is 0 Å². The highest BCUT2D eigenvalue weighted by Gasteiger charge is 2.62. The molecule has 3 fully saturated rings. The molecular formula is C10H12N2O4. The number of hydrogen-bond acceptors (Lipinski definition) is 4. The second-order valence-electron chi connectivity index (χ2n) is 4.57. The number of carbonyl (C=O) groups is 3. The molecule has 0 spiro atoms. The highest BCUT2D eigenvalue weighted by Crippen LogP contribution is 2.48. The van der Waals surface area contributed by atoms with Crippen molar-refractivity contribution in [2.45, 2.75) is 25.0 Å². The monoisotopic (exact) mass is 224 g/mol. The summed E-state index contributed by atoms with van der Waals surface area (Å²) < 4.78 is 5.55. The van der Waals surface area contributed by atoms with Crippen molar-refractivity contribution in [3.63, 3.8) is 0 Å². The molecule has 3 heterocycles. The Balaban J connectivity index is 1.89. The van der Waals surface area contributed by atoms with Gasteiger partial charge in [-0.3, -0.25) is 19.3 Å². The summed E-state index contributed by atoms with van der Waals surface area (Å²) in [5.41, 5.74) is 5.02. The van der Waals surface area contributed by atoms with Gasteiger partial charge in [0.05, 0.1) is 24.0 Å². The summed E-state index contributed by atoms with van der Waals surface area (Å²) in [6.45, 7) is -0.301. The molecule has 3 aliphatic rings. The molecule has 6 heteroatoms. The van der Waals surface area contributed by atoms with E-state index in [2.05, 4.69) is 0 Å². The van der Waals surface area contributed by atoms with E-state index in [1.54, 1.807) is 0 Å². The van der Waals surface area contributed by atoms with E-state index in [-0.39, 0.29) is 42.4 Å². The first-order valence-electron chi connectivity index (χ1n) is 5.38. The second kappa shape index (κ2) is 3.04. The van der Waals surface area contributed by atoms with Crippen LogP contribution >= 0.6 is 0 Å². The van der Waals surface area contributed by atoms with Gasteiger partial charge in [-0.15, -0.1) is 0 Å². The van der Waals surface area contributed by atoms with Crippen LogP contribution in [0.1, 0.15) is 12.8 Å². The van der Waals surface area contributed by atoms with Gasteiger partial charge in [0.25, 0.3) is 0 Å². The molecule has 3 rings (SSSR count). The van der Waals surface area contributed by atoms with E-state index in [4.69, 9.17) is 10.5 Å². The molecule has 0 saturated carbocycles. The number of primary amides is 1. The molecule has 3 saturated heterocycles. The third kappa shape index (κ3) is 1.07. The molecule has 3 amide bonds. The Kier molecular flexibility index (Phi) is 1.85. The smallest absolute Gasteiger partial charge is 0.237 e. The normalized spacial score (nSPS) is 40.6. The number of rotatable bonds is 2. The lowest BCUT2D eigenvalue weighted by Gasteiger charge is -2.15. The van der Waals surface area contributed by atoms with E-state index in [0.29, 0.717) is 0 Å². The van der Waals surface area contributed by atoms with Gasteiger partial charge < -0.3 is 10.5 Å². The Labute approximate surface area is 91.7 Å².